The van der Waals surface area contributed by atoms with Crippen molar-refractivity contribution < 1.29 is 9.84 Å². The number of hydrogen-bond acceptors (Lipinski definition) is 5. The SMILES string of the molecule is CCc1[nH]nc2c1[C@H](c1cc(Br)c(O)c(Br)c1)C(C#N)=C(N)O2. The zero-order valence-corrected chi connectivity index (χ0v) is 15.2. The molecule has 4 N–H and O–H groups in total. The molecule has 1 aromatic heterocycles. The lowest BCUT2D eigenvalue weighted by Gasteiger charge is -2.24. The summed E-state index contributed by atoms with van der Waals surface area (Å²) in [6.07, 6.45) is 0.710. The largest absolute Gasteiger partial charge is 0.506 e. The van der Waals surface area contributed by atoms with Crippen LogP contribution in [0.4, 0.5) is 0 Å². The van der Waals surface area contributed by atoms with E-state index in [1.807, 2.05) is 6.92 Å². The summed E-state index contributed by atoms with van der Waals surface area (Å²) in [7, 11) is 0. The van der Waals surface area contributed by atoms with Gasteiger partial charge >= 0.3 is 0 Å². The van der Waals surface area contributed by atoms with E-state index in [0.717, 1.165) is 16.8 Å². The molecule has 0 aliphatic carbocycles. The molecule has 3 rings (SSSR count). The van der Waals surface area contributed by atoms with Crippen molar-refractivity contribution in [2.24, 2.45) is 5.73 Å². The normalized spacial score (nSPS) is 16.7. The highest BCUT2D eigenvalue weighted by atomic mass is 79.9. The topological polar surface area (TPSA) is 108 Å². The first-order valence-corrected chi connectivity index (χ1v) is 8.39. The highest BCUT2D eigenvalue weighted by molar-refractivity contribution is 9.11. The molecule has 6 nitrogen and oxygen atoms in total. The van der Waals surface area contributed by atoms with Crippen LogP contribution in [-0.4, -0.2) is 15.3 Å². The van der Waals surface area contributed by atoms with Gasteiger partial charge in [0.1, 0.15) is 17.4 Å². The molecule has 1 atom stereocenters. The number of rotatable bonds is 2. The van der Waals surface area contributed by atoms with Gasteiger partial charge in [-0.1, -0.05) is 6.92 Å². The number of phenols is 1. The number of H-pyrrole nitrogens is 1. The predicted octanol–water partition coefficient (Wildman–Crippen LogP) is 3.42. The molecule has 0 bridgehead atoms. The van der Waals surface area contributed by atoms with Crippen LogP contribution in [0.2, 0.25) is 0 Å². The number of aromatic amines is 1. The number of fused-ring (bicyclic) bond motifs is 1. The molecule has 1 aliphatic heterocycles. The Kier molecular flexibility index (Phi) is 4.08. The molecule has 118 valence electrons. The molecular formula is C15H12Br2N4O2. The number of hydrogen-bond donors (Lipinski definition) is 3. The van der Waals surface area contributed by atoms with Crippen LogP contribution in [0.5, 0.6) is 11.6 Å². The van der Waals surface area contributed by atoms with Crippen LogP contribution in [0.25, 0.3) is 0 Å². The van der Waals surface area contributed by atoms with Crippen molar-refractivity contribution >= 4 is 31.9 Å². The van der Waals surface area contributed by atoms with Gasteiger partial charge in [-0.15, -0.1) is 5.10 Å². The van der Waals surface area contributed by atoms with Crippen molar-refractivity contribution in [1.29, 1.82) is 5.26 Å². The van der Waals surface area contributed by atoms with E-state index in [1.165, 1.54) is 0 Å². The monoisotopic (exact) mass is 438 g/mol. The van der Waals surface area contributed by atoms with Crippen molar-refractivity contribution in [3.05, 3.63) is 49.4 Å². The van der Waals surface area contributed by atoms with E-state index >= 15 is 0 Å². The fourth-order valence-corrected chi connectivity index (χ4v) is 3.89. The minimum Gasteiger partial charge on any atom is -0.506 e. The Morgan fingerprint density at radius 2 is 2.09 bits per heavy atom. The van der Waals surface area contributed by atoms with Crippen LogP contribution in [-0.2, 0) is 6.42 Å². The van der Waals surface area contributed by atoms with Crippen molar-refractivity contribution in [1.82, 2.24) is 10.2 Å². The van der Waals surface area contributed by atoms with Gasteiger partial charge in [0.05, 0.1) is 14.9 Å². The summed E-state index contributed by atoms with van der Waals surface area (Å²) in [6, 6.07) is 5.65. The Hall–Kier alpha value is -1.98. The molecule has 0 fully saturated rings. The van der Waals surface area contributed by atoms with Gasteiger partial charge in [0, 0.05) is 11.3 Å². The lowest BCUT2D eigenvalue weighted by molar-refractivity contribution is 0.378. The van der Waals surface area contributed by atoms with Crippen LogP contribution in [0.1, 0.15) is 29.7 Å². The Balaban J connectivity index is 2.28. The van der Waals surface area contributed by atoms with E-state index in [2.05, 4.69) is 48.1 Å². The number of nitrogens with two attached hydrogens (primary N) is 1. The molecule has 2 aromatic rings. The Labute approximate surface area is 149 Å². The number of halogens is 2. The smallest absolute Gasteiger partial charge is 0.244 e. The van der Waals surface area contributed by atoms with Gasteiger partial charge in [0.25, 0.3) is 0 Å². The number of benzene rings is 1. The maximum atomic E-state index is 9.92. The summed E-state index contributed by atoms with van der Waals surface area (Å²) < 4.78 is 6.51. The van der Waals surface area contributed by atoms with Gasteiger partial charge in [-0.25, -0.2) is 0 Å². The fraction of sp³-hybridized carbons (Fsp3) is 0.200. The molecule has 1 aliphatic rings. The lowest BCUT2D eigenvalue weighted by Crippen LogP contribution is -2.21. The number of ether oxygens (including phenoxy) is 1. The number of nitrogens with one attached hydrogen (secondary N) is 1. The molecule has 2 heterocycles. The van der Waals surface area contributed by atoms with Crippen LogP contribution in [0.15, 0.2) is 32.5 Å². The highest BCUT2D eigenvalue weighted by Crippen LogP contribution is 2.45. The van der Waals surface area contributed by atoms with Gasteiger partial charge in [-0.3, -0.25) is 5.10 Å². The summed E-state index contributed by atoms with van der Waals surface area (Å²) in [4.78, 5) is 0. The average Bonchev–Trinajstić information content (AvgIpc) is 2.93. The van der Waals surface area contributed by atoms with E-state index in [9.17, 15) is 10.4 Å². The molecule has 0 unspecified atom stereocenters. The standard InChI is InChI=1S/C15H12Br2N4O2/c1-2-10-12-11(6-3-8(16)13(22)9(17)4-6)7(5-18)14(19)23-15(12)21-20-10/h3-4,11,22H,2,19H2,1H3,(H,20,21)/t11-/m1/s1. The number of nitriles is 1. The second-order valence-electron chi connectivity index (χ2n) is 5.03. The minimum atomic E-state index is -0.411. The number of phenolic OH excluding ortho intramolecular Hbond substituents is 1. The van der Waals surface area contributed by atoms with E-state index in [4.69, 9.17) is 10.5 Å². The second kappa shape index (κ2) is 5.91. The summed E-state index contributed by atoms with van der Waals surface area (Å²) in [5.41, 5.74) is 8.68. The zero-order valence-electron chi connectivity index (χ0n) is 12.0. The Morgan fingerprint density at radius 3 is 2.65 bits per heavy atom. The third-order valence-corrected chi connectivity index (χ3v) is 4.95. The molecule has 0 amide bonds. The quantitative estimate of drug-likeness (QED) is 0.664. The molecule has 0 saturated carbocycles. The maximum Gasteiger partial charge on any atom is 0.244 e. The minimum absolute atomic E-state index is 0.0412. The van der Waals surface area contributed by atoms with Crippen molar-refractivity contribution in [2.45, 2.75) is 19.3 Å². The molecule has 0 saturated heterocycles. The van der Waals surface area contributed by atoms with Gasteiger partial charge in [-0.2, -0.15) is 5.26 Å². The van der Waals surface area contributed by atoms with Crippen LogP contribution in [0.3, 0.4) is 0 Å². The van der Waals surface area contributed by atoms with E-state index in [1.54, 1.807) is 12.1 Å². The second-order valence-corrected chi connectivity index (χ2v) is 6.74. The third kappa shape index (κ3) is 2.50. The summed E-state index contributed by atoms with van der Waals surface area (Å²) in [6.45, 7) is 1.99. The Bertz CT molecular complexity index is 844. The Morgan fingerprint density at radius 1 is 1.43 bits per heavy atom. The first-order valence-electron chi connectivity index (χ1n) is 6.80. The number of aromatic nitrogens is 2. The third-order valence-electron chi connectivity index (χ3n) is 3.74. The van der Waals surface area contributed by atoms with E-state index in [-0.39, 0.29) is 11.6 Å². The first-order chi connectivity index (χ1) is 11.0. The first kappa shape index (κ1) is 15.9. The summed E-state index contributed by atoms with van der Waals surface area (Å²) >= 11 is 6.64. The number of aromatic hydroxyl groups is 1. The maximum absolute atomic E-state index is 9.92. The van der Waals surface area contributed by atoms with Crippen LogP contribution < -0.4 is 10.5 Å². The van der Waals surface area contributed by atoms with Gasteiger partial charge in [0.15, 0.2) is 0 Å². The highest BCUT2D eigenvalue weighted by Gasteiger charge is 2.35. The molecule has 0 spiro atoms. The summed E-state index contributed by atoms with van der Waals surface area (Å²) in [5, 5.41) is 26.5. The van der Waals surface area contributed by atoms with Crippen molar-refractivity contribution in [3.8, 4) is 17.7 Å². The number of aryl methyl sites for hydroxylation is 1. The molecule has 23 heavy (non-hydrogen) atoms. The predicted molar refractivity (Wildman–Crippen MR) is 90.8 cm³/mol. The van der Waals surface area contributed by atoms with E-state index < -0.39 is 5.92 Å². The fourth-order valence-electron chi connectivity index (χ4n) is 2.66. The molecule has 8 heteroatoms. The van der Waals surface area contributed by atoms with Gasteiger partial charge < -0.3 is 15.6 Å². The number of allylic oxidation sites excluding steroid dienone is 1. The molecule has 1 aromatic carbocycles. The zero-order chi connectivity index (χ0) is 16.7. The van der Waals surface area contributed by atoms with Crippen LogP contribution in [0, 0.1) is 11.3 Å². The lowest BCUT2D eigenvalue weighted by atomic mass is 9.83. The molecule has 0 radical (unpaired) electrons. The number of nitrogens with zero attached hydrogens (tertiary/aromatic N) is 2. The molecular weight excluding hydrogens is 428 g/mol. The van der Waals surface area contributed by atoms with Crippen molar-refractivity contribution in [3.63, 3.8) is 0 Å². The van der Waals surface area contributed by atoms with Crippen molar-refractivity contribution in [2.75, 3.05) is 0 Å². The van der Waals surface area contributed by atoms with E-state index in [0.29, 0.717) is 26.8 Å². The van der Waals surface area contributed by atoms with Gasteiger partial charge in [-0.05, 0) is 56.0 Å². The summed E-state index contributed by atoms with van der Waals surface area (Å²) in [5.74, 6) is 0.105. The van der Waals surface area contributed by atoms with Crippen LogP contribution >= 0.6 is 31.9 Å². The van der Waals surface area contributed by atoms with Gasteiger partial charge in [0.2, 0.25) is 11.8 Å². The average molecular weight is 440 g/mol.